The van der Waals surface area contributed by atoms with E-state index < -0.39 is 0 Å². The summed E-state index contributed by atoms with van der Waals surface area (Å²) in [6.45, 7) is 8.19. The lowest BCUT2D eigenvalue weighted by molar-refractivity contribution is -0.134. The molecule has 0 aromatic heterocycles. The Morgan fingerprint density at radius 3 is 2.56 bits per heavy atom. The third-order valence-electron chi connectivity index (χ3n) is 2.70. The van der Waals surface area contributed by atoms with Gasteiger partial charge in [0.2, 0.25) is 0 Å². The van der Waals surface area contributed by atoms with Gasteiger partial charge in [0.1, 0.15) is 0 Å². The van der Waals surface area contributed by atoms with E-state index in [0.29, 0.717) is 5.92 Å². The lowest BCUT2D eigenvalue weighted by atomic mass is 9.96. The number of hydrogen-bond donors (Lipinski definition) is 0. The fourth-order valence-electron chi connectivity index (χ4n) is 1.49. The van der Waals surface area contributed by atoms with Gasteiger partial charge in [0.25, 0.3) is 0 Å². The van der Waals surface area contributed by atoms with Gasteiger partial charge in [-0.1, -0.05) is 19.1 Å². The Morgan fingerprint density at radius 2 is 2.06 bits per heavy atom. The van der Waals surface area contributed by atoms with E-state index in [-0.39, 0.29) is 10.8 Å². The molecule has 0 aromatic carbocycles. The molecule has 18 heavy (non-hydrogen) atoms. The largest absolute Gasteiger partial charge is 0.466 e. The van der Waals surface area contributed by atoms with E-state index in [1.807, 2.05) is 26.8 Å². The standard InChI is InChI=1S/C15H25ClO2/c1-12(9-10-15(3,4)16)7-6-8-13(2)11-14(17)18-5/h6,8,11-12H,7,9-10H2,1-5H3. The zero-order valence-corrected chi connectivity index (χ0v) is 12.9. The Bertz CT molecular complexity index is 311. The summed E-state index contributed by atoms with van der Waals surface area (Å²) in [5, 5.41) is 0. The molecule has 1 atom stereocenters. The highest BCUT2D eigenvalue weighted by Crippen LogP contribution is 2.23. The molecule has 2 nitrogen and oxygen atoms in total. The second-order valence-corrected chi connectivity index (χ2v) is 6.44. The van der Waals surface area contributed by atoms with E-state index in [4.69, 9.17) is 11.6 Å². The van der Waals surface area contributed by atoms with Crippen molar-refractivity contribution in [3.8, 4) is 0 Å². The second kappa shape index (κ2) is 8.36. The van der Waals surface area contributed by atoms with Gasteiger partial charge in [0.15, 0.2) is 0 Å². The summed E-state index contributed by atoms with van der Waals surface area (Å²) in [5.41, 5.74) is 0.909. The van der Waals surface area contributed by atoms with Gasteiger partial charge in [-0.15, -0.1) is 11.6 Å². The molecular formula is C15H25ClO2. The fourth-order valence-corrected chi connectivity index (χ4v) is 1.60. The maximum atomic E-state index is 11.0. The van der Waals surface area contributed by atoms with E-state index in [1.54, 1.807) is 0 Å². The predicted octanol–water partition coefficient (Wildman–Crippen LogP) is 4.49. The molecule has 1 unspecified atom stereocenters. The third-order valence-corrected chi connectivity index (χ3v) is 2.89. The summed E-state index contributed by atoms with van der Waals surface area (Å²) in [6.07, 6.45) is 8.67. The van der Waals surface area contributed by atoms with Crippen LogP contribution in [0, 0.1) is 5.92 Å². The van der Waals surface area contributed by atoms with Gasteiger partial charge in [-0.25, -0.2) is 4.79 Å². The highest BCUT2D eigenvalue weighted by atomic mass is 35.5. The molecule has 0 saturated heterocycles. The van der Waals surface area contributed by atoms with E-state index in [9.17, 15) is 4.79 Å². The van der Waals surface area contributed by atoms with Gasteiger partial charge in [0.05, 0.1) is 7.11 Å². The quantitative estimate of drug-likeness (QED) is 0.295. The highest BCUT2D eigenvalue weighted by Gasteiger charge is 2.14. The van der Waals surface area contributed by atoms with Gasteiger partial charge in [-0.3, -0.25) is 0 Å². The number of allylic oxidation sites excluding steroid dienone is 3. The van der Waals surface area contributed by atoms with Crippen LogP contribution in [-0.2, 0) is 9.53 Å². The average molecular weight is 273 g/mol. The van der Waals surface area contributed by atoms with Crippen molar-refractivity contribution in [1.82, 2.24) is 0 Å². The number of carbonyl (C=O) groups is 1. The molecule has 104 valence electrons. The first kappa shape index (κ1) is 17.2. The van der Waals surface area contributed by atoms with Crippen LogP contribution in [0.4, 0.5) is 0 Å². The minimum Gasteiger partial charge on any atom is -0.466 e. The monoisotopic (exact) mass is 272 g/mol. The van der Waals surface area contributed by atoms with Crippen molar-refractivity contribution in [3.05, 3.63) is 23.8 Å². The summed E-state index contributed by atoms with van der Waals surface area (Å²) in [6, 6.07) is 0. The van der Waals surface area contributed by atoms with E-state index in [0.717, 1.165) is 24.8 Å². The Morgan fingerprint density at radius 1 is 1.44 bits per heavy atom. The van der Waals surface area contributed by atoms with Gasteiger partial charge in [-0.05, 0) is 51.5 Å². The lowest BCUT2D eigenvalue weighted by Gasteiger charge is -2.17. The number of hydrogen-bond acceptors (Lipinski definition) is 2. The number of ether oxygens (including phenoxy) is 1. The number of esters is 1. The van der Waals surface area contributed by atoms with E-state index in [1.165, 1.54) is 13.2 Å². The van der Waals surface area contributed by atoms with Crippen molar-refractivity contribution in [1.29, 1.82) is 0 Å². The molecule has 0 aromatic rings. The molecule has 0 radical (unpaired) electrons. The van der Waals surface area contributed by atoms with E-state index in [2.05, 4.69) is 17.7 Å². The molecule has 0 spiro atoms. The van der Waals surface area contributed by atoms with Gasteiger partial charge < -0.3 is 4.74 Å². The summed E-state index contributed by atoms with van der Waals surface area (Å²) in [7, 11) is 1.38. The van der Waals surface area contributed by atoms with E-state index >= 15 is 0 Å². The molecule has 3 heteroatoms. The summed E-state index contributed by atoms with van der Waals surface area (Å²) >= 11 is 6.16. The van der Waals surface area contributed by atoms with Gasteiger partial charge in [0, 0.05) is 11.0 Å². The van der Waals surface area contributed by atoms with Crippen molar-refractivity contribution in [2.75, 3.05) is 7.11 Å². The molecule has 0 amide bonds. The maximum Gasteiger partial charge on any atom is 0.330 e. The SMILES string of the molecule is COC(=O)C=C(C)C=CCC(C)CCC(C)(C)Cl. The number of halogens is 1. The summed E-state index contributed by atoms with van der Waals surface area (Å²) < 4.78 is 4.56. The van der Waals surface area contributed by atoms with Crippen molar-refractivity contribution >= 4 is 17.6 Å². The first-order chi connectivity index (χ1) is 8.24. The van der Waals surface area contributed by atoms with Crippen LogP contribution < -0.4 is 0 Å². The summed E-state index contributed by atoms with van der Waals surface area (Å²) in [5.74, 6) is 0.291. The molecule has 0 N–H and O–H groups in total. The normalized spacial score (nSPS) is 14.9. The molecule has 0 aliphatic rings. The Hall–Kier alpha value is -0.760. The van der Waals surface area contributed by atoms with Crippen LogP contribution in [0.25, 0.3) is 0 Å². The van der Waals surface area contributed by atoms with Crippen LogP contribution in [0.2, 0.25) is 0 Å². The number of rotatable bonds is 7. The molecule has 0 heterocycles. The summed E-state index contributed by atoms with van der Waals surface area (Å²) in [4.78, 5) is 10.9. The second-order valence-electron chi connectivity index (χ2n) is 5.41. The number of carbonyl (C=O) groups excluding carboxylic acids is 1. The Kier molecular flexibility index (Phi) is 8.01. The van der Waals surface area contributed by atoms with Crippen molar-refractivity contribution in [2.24, 2.45) is 5.92 Å². The lowest BCUT2D eigenvalue weighted by Crippen LogP contribution is -2.11. The minimum absolute atomic E-state index is 0.112. The molecule has 0 rings (SSSR count). The maximum absolute atomic E-state index is 11.0. The van der Waals surface area contributed by atoms with Crippen LogP contribution in [0.15, 0.2) is 23.8 Å². The average Bonchev–Trinajstić information content (AvgIpc) is 2.25. The minimum atomic E-state index is -0.311. The van der Waals surface area contributed by atoms with Crippen LogP contribution in [0.3, 0.4) is 0 Å². The number of methoxy groups -OCH3 is 1. The molecule has 0 saturated carbocycles. The smallest absolute Gasteiger partial charge is 0.330 e. The van der Waals surface area contributed by atoms with Gasteiger partial charge in [-0.2, -0.15) is 0 Å². The molecular weight excluding hydrogens is 248 g/mol. The third kappa shape index (κ3) is 10.4. The highest BCUT2D eigenvalue weighted by molar-refractivity contribution is 6.23. The Balaban J connectivity index is 4.01. The molecule has 0 bridgehead atoms. The zero-order valence-electron chi connectivity index (χ0n) is 12.1. The van der Waals surface area contributed by atoms with Crippen molar-refractivity contribution in [3.63, 3.8) is 0 Å². The van der Waals surface area contributed by atoms with Crippen molar-refractivity contribution < 1.29 is 9.53 Å². The first-order valence-electron chi connectivity index (χ1n) is 6.36. The topological polar surface area (TPSA) is 26.3 Å². The van der Waals surface area contributed by atoms with Crippen LogP contribution >= 0.6 is 11.6 Å². The van der Waals surface area contributed by atoms with Crippen LogP contribution in [0.1, 0.15) is 47.0 Å². The fraction of sp³-hybridized carbons (Fsp3) is 0.667. The Labute approximate surface area is 116 Å². The van der Waals surface area contributed by atoms with Crippen LogP contribution in [0.5, 0.6) is 0 Å². The first-order valence-corrected chi connectivity index (χ1v) is 6.74. The number of alkyl halides is 1. The molecule has 0 fully saturated rings. The van der Waals surface area contributed by atoms with Gasteiger partial charge >= 0.3 is 5.97 Å². The van der Waals surface area contributed by atoms with Crippen LogP contribution in [-0.4, -0.2) is 18.0 Å². The predicted molar refractivity (Wildman–Crippen MR) is 77.9 cm³/mol. The van der Waals surface area contributed by atoms with Crippen molar-refractivity contribution in [2.45, 2.75) is 51.8 Å². The molecule has 0 aliphatic heterocycles. The zero-order chi connectivity index (χ0) is 14.2. The molecule has 0 aliphatic carbocycles.